The Morgan fingerprint density at radius 3 is 2.48 bits per heavy atom. The first-order valence-corrected chi connectivity index (χ1v) is 11.7. The molecule has 3 aromatic rings. The zero-order valence-corrected chi connectivity index (χ0v) is 20.3. The van der Waals surface area contributed by atoms with Crippen LogP contribution in [0.25, 0.3) is 0 Å². The number of amides is 2. The molecule has 2 N–H and O–H groups in total. The lowest BCUT2D eigenvalue weighted by atomic mass is 10.1. The van der Waals surface area contributed by atoms with Gasteiger partial charge in [-0.2, -0.15) is 0 Å². The summed E-state index contributed by atoms with van der Waals surface area (Å²) < 4.78 is 7.04. The van der Waals surface area contributed by atoms with E-state index in [-0.39, 0.29) is 23.6 Å². The fourth-order valence-corrected chi connectivity index (χ4v) is 4.19. The number of nitrogens with zero attached hydrogens (tertiary/aromatic N) is 3. The monoisotopic (exact) mass is 467 g/mol. The lowest BCUT2D eigenvalue weighted by Crippen LogP contribution is -2.28. The summed E-state index contributed by atoms with van der Waals surface area (Å²) in [5.74, 6) is 1.21. The van der Waals surface area contributed by atoms with Crippen LogP contribution in [0.1, 0.15) is 47.2 Å². The molecule has 33 heavy (non-hydrogen) atoms. The minimum Gasteiger partial charge on any atom is -0.497 e. The third-order valence-corrected chi connectivity index (χ3v) is 6.10. The topological polar surface area (TPSA) is 98.1 Å². The third kappa shape index (κ3) is 6.13. The summed E-state index contributed by atoms with van der Waals surface area (Å²) in [7, 11) is 1.58. The first kappa shape index (κ1) is 24.3. The van der Waals surface area contributed by atoms with Crippen LogP contribution in [0.4, 0.5) is 5.69 Å². The molecule has 174 valence electrons. The summed E-state index contributed by atoms with van der Waals surface area (Å²) in [4.78, 5) is 25.1. The SMILES string of the molecule is CCn1c(SCC(=O)Nc2ccc(C)cc2C)nnc1C(C)NC(=O)c1ccc(OC)cc1. The Balaban J connectivity index is 1.62. The summed E-state index contributed by atoms with van der Waals surface area (Å²) in [6.45, 7) is 8.44. The molecule has 0 aliphatic rings. The summed E-state index contributed by atoms with van der Waals surface area (Å²) >= 11 is 1.32. The zero-order chi connectivity index (χ0) is 24.0. The van der Waals surface area contributed by atoms with Crippen LogP contribution in [0.2, 0.25) is 0 Å². The molecule has 2 amide bonds. The highest BCUT2D eigenvalue weighted by atomic mass is 32.2. The number of hydrogen-bond acceptors (Lipinski definition) is 6. The molecule has 9 heteroatoms. The molecule has 0 saturated carbocycles. The van der Waals surface area contributed by atoms with Crippen molar-refractivity contribution in [2.75, 3.05) is 18.2 Å². The number of hydrogen-bond donors (Lipinski definition) is 2. The van der Waals surface area contributed by atoms with E-state index in [9.17, 15) is 9.59 Å². The van der Waals surface area contributed by atoms with Crippen molar-refractivity contribution in [1.82, 2.24) is 20.1 Å². The van der Waals surface area contributed by atoms with Crippen molar-refractivity contribution in [2.45, 2.75) is 45.4 Å². The molecule has 1 aromatic heterocycles. The van der Waals surface area contributed by atoms with Gasteiger partial charge in [0.25, 0.3) is 5.91 Å². The normalized spacial score (nSPS) is 11.7. The summed E-state index contributed by atoms with van der Waals surface area (Å²) in [6.07, 6.45) is 0. The average molecular weight is 468 g/mol. The smallest absolute Gasteiger partial charge is 0.251 e. The van der Waals surface area contributed by atoms with Crippen LogP contribution in [-0.2, 0) is 11.3 Å². The number of carbonyl (C=O) groups is 2. The van der Waals surface area contributed by atoms with E-state index in [1.807, 2.05) is 50.5 Å². The van der Waals surface area contributed by atoms with Crippen molar-refractivity contribution in [1.29, 1.82) is 0 Å². The van der Waals surface area contributed by atoms with Crippen molar-refractivity contribution < 1.29 is 14.3 Å². The van der Waals surface area contributed by atoms with Crippen LogP contribution < -0.4 is 15.4 Å². The number of methoxy groups -OCH3 is 1. The fraction of sp³-hybridized carbons (Fsp3) is 0.333. The Morgan fingerprint density at radius 2 is 1.85 bits per heavy atom. The zero-order valence-electron chi connectivity index (χ0n) is 19.5. The average Bonchev–Trinajstić information content (AvgIpc) is 3.22. The lowest BCUT2D eigenvalue weighted by molar-refractivity contribution is -0.113. The van der Waals surface area contributed by atoms with E-state index in [1.165, 1.54) is 11.8 Å². The van der Waals surface area contributed by atoms with E-state index in [0.717, 1.165) is 16.8 Å². The second kappa shape index (κ2) is 11.0. The Morgan fingerprint density at radius 1 is 1.12 bits per heavy atom. The first-order valence-electron chi connectivity index (χ1n) is 10.7. The molecule has 0 fully saturated rings. The van der Waals surface area contributed by atoms with Gasteiger partial charge in [0.05, 0.1) is 18.9 Å². The molecule has 0 spiro atoms. The Bertz CT molecular complexity index is 1130. The van der Waals surface area contributed by atoms with E-state index in [1.54, 1.807) is 31.4 Å². The van der Waals surface area contributed by atoms with Crippen molar-refractivity contribution in [3.63, 3.8) is 0 Å². The third-order valence-electron chi connectivity index (χ3n) is 5.14. The molecule has 1 heterocycles. The standard InChI is InChI=1S/C24H29N5O3S/c1-6-29-22(17(4)25-23(31)18-8-10-19(32-5)11-9-18)27-28-24(29)33-14-21(30)26-20-12-7-15(2)13-16(20)3/h7-13,17H,6,14H2,1-5H3,(H,25,31)(H,26,30). The maximum absolute atomic E-state index is 12.6. The molecular weight excluding hydrogens is 438 g/mol. The van der Waals surface area contributed by atoms with Crippen molar-refractivity contribution in [2.24, 2.45) is 0 Å². The van der Waals surface area contributed by atoms with Crippen LogP contribution in [0.15, 0.2) is 47.6 Å². The number of thioether (sulfide) groups is 1. The van der Waals surface area contributed by atoms with E-state index in [4.69, 9.17) is 4.74 Å². The predicted octanol–water partition coefficient (Wildman–Crippen LogP) is 4.15. The first-order chi connectivity index (χ1) is 15.8. The second-order valence-electron chi connectivity index (χ2n) is 7.66. The molecule has 0 aliphatic heterocycles. The summed E-state index contributed by atoms with van der Waals surface area (Å²) in [6, 6.07) is 12.5. The number of anilines is 1. The van der Waals surface area contributed by atoms with E-state index < -0.39 is 0 Å². The summed E-state index contributed by atoms with van der Waals surface area (Å²) in [5, 5.41) is 15.1. The summed E-state index contributed by atoms with van der Waals surface area (Å²) in [5.41, 5.74) is 3.51. The molecule has 2 aromatic carbocycles. The highest BCUT2D eigenvalue weighted by Gasteiger charge is 2.20. The van der Waals surface area contributed by atoms with Crippen LogP contribution in [0.5, 0.6) is 5.75 Å². The molecule has 3 rings (SSSR count). The van der Waals surface area contributed by atoms with Gasteiger partial charge < -0.3 is 19.9 Å². The minimum absolute atomic E-state index is 0.111. The number of rotatable bonds is 9. The van der Waals surface area contributed by atoms with Crippen LogP contribution in [-0.4, -0.2) is 39.4 Å². The number of aromatic nitrogens is 3. The minimum atomic E-state index is -0.356. The molecule has 1 unspecified atom stereocenters. The van der Waals surface area contributed by atoms with Gasteiger partial charge in [-0.15, -0.1) is 10.2 Å². The molecule has 0 bridgehead atoms. The van der Waals surface area contributed by atoms with Gasteiger partial charge >= 0.3 is 0 Å². The van der Waals surface area contributed by atoms with Crippen LogP contribution >= 0.6 is 11.8 Å². The number of nitrogens with one attached hydrogen (secondary N) is 2. The fourth-order valence-electron chi connectivity index (χ4n) is 3.38. The maximum atomic E-state index is 12.6. The van der Waals surface area contributed by atoms with E-state index in [0.29, 0.717) is 28.8 Å². The predicted molar refractivity (Wildman–Crippen MR) is 130 cm³/mol. The Hall–Kier alpha value is -3.33. The van der Waals surface area contributed by atoms with Gasteiger partial charge in [0.2, 0.25) is 5.91 Å². The highest BCUT2D eigenvalue weighted by Crippen LogP contribution is 2.22. The van der Waals surface area contributed by atoms with Crippen molar-refractivity contribution in [3.05, 3.63) is 65.0 Å². The van der Waals surface area contributed by atoms with Gasteiger partial charge in [-0.3, -0.25) is 9.59 Å². The second-order valence-corrected chi connectivity index (χ2v) is 8.61. The Labute approximate surface area is 198 Å². The van der Waals surface area contributed by atoms with Crippen molar-refractivity contribution in [3.8, 4) is 5.75 Å². The van der Waals surface area contributed by atoms with Gasteiger partial charge in [-0.1, -0.05) is 29.5 Å². The van der Waals surface area contributed by atoms with Crippen molar-refractivity contribution >= 4 is 29.3 Å². The van der Waals surface area contributed by atoms with Gasteiger partial charge in [-0.05, 0) is 63.6 Å². The Kier molecular flexibility index (Phi) is 8.11. The highest BCUT2D eigenvalue weighted by molar-refractivity contribution is 7.99. The maximum Gasteiger partial charge on any atom is 0.251 e. The molecule has 1 atom stereocenters. The number of aryl methyl sites for hydroxylation is 2. The van der Waals surface area contributed by atoms with Gasteiger partial charge in [0.15, 0.2) is 11.0 Å². The lowest BCUT2D eigenvalue weighted by Gasteiger charge is -2.15. The van der Waals surface area contributed by atoms with Crippen LogP contribution in [0, 0.1) is 13.8 Å². The number of ether oxygens (including phenoxy) is 1. The van der Waals surface area contributed by atoms with E-state index >= 15 is 0 Å². The van der Waals surface area contributed by atoms with E-state index in [2.05, 4.69) is 20.8 Å². The largest absolute Gasteiger partial charge is 0.497 e. The quantitative estimate of drug-likeness (QED) is 0.459. The number of carbonyl (C=O) groups excluding carboxylic acids is 2. The molecule has 0 radical (unpaired) electrons. The molecule has 0 saturated heterocycles. The molecular formula is C24H29N5O3S. The molecule has 0 aliphatic carbocycles. The van der Waals surface area contributed by atoms with Gasteiger partial charge in [0, 0.05) is 17.8 Å². The van der Waals surface area contributed by atoms with Gasteiger partial charge in [-0.25, -0.2) is 0 Å². The molecule has 8 nitrogen and oxygen atoms in total. The van der Waals surface area contributed by atoms with Gasteiger partial charge in [0.1, 0.15) is 5.75 Å². The van der Waals surface area contributed by atoms with Crippen LogP contribution in [0.3, 0.4) is 0 Å². The number of benzene rings is 2.